The maximum absolute atomic E-state index is 13.2. The molecule has 2 aliphatic rings. The maximum Gasteiger partial charge on any atom is 0.261 e. The molecule has 0 aromatic heterocycles. The molecular weight excluding hydrogens is 527 g/mol. The predicted octanol–water partition coefficient (Wildman–Crippen LogP) is 3.34. The SMILES string of the molecule is COc1ccccc1CNC(=O)C[C@@H]1C[C@@H]2c3cc(NS(=O)(=O)c4ccc(F)cc4)ccc3O[C@@H]2[C@H](CO)O1. The van der Waals surface area contributed by atoms with Gasteiger partial charge < -0.3 is 24.6 Å². The zero-order chi connectivity index (χ0) is 27.6. The fraction of sp³-hybridized carbons (Fsp3) is 0.321. The molecule has 9 nitrogen and oxygen atoms in total. The highest BCUT2D eigenvalue weighted by Gasteiger charge is 2.46. The van der Waals surface area contributed by atoms with Crippen molar-refractivity contribution < 1.29 is 36.9 Å². The Labute approximate surface area is 226 Å². The third kappa shape index (κ3) is 5.85. The summed E-state index contributed by atoms with van der Waals surface area (Å²) in [5.41, 5.74) is 1.93. The minimum absolute atomic E-state index is 0.0656. The zero-order valence-electron chi connectivity index (χ0n) is 21.2. The standard InChI is InChI=1S/C28H29FN2O7S/c1-36-24-5-3-2-4-17(24)15-30-27(33)14-20-13-23-22-12-19(8-11-25(22)38-28(23)26(16-32)37-20)31-39(34,35)21-9-6-18(29)7-10-21/h2-12,20,23,26,28,31-32H,13-16H2,1H3,(H,30,33)/t20-,23+,26-,28-/m0/s1. The lowest BCUT2D eigenvalue weighted by molar-refractivity contribution is -0.142. The first kappa shape index (κ1) is 26.9. The number of amides is 1. The highest BCUT2D eigenvalue weighted by atomic mass is 32.2. The van der Waals surface area contributed by atoms with Gasteiger partial charge in [-0.3, -0.25) is 9.52 Å². The normalized spacial score (nSPS) is 21.8. The molecule has 0 radical (unpaired) electrons. The number of anilines is 1. The number of carbonyl (C=O) groups is 1. The van der Waals surface area contributed by atoms with E-state index in [1.807, 2.05) is 24.3 Å². The number of benzene rings is 3. The predicted molar refractivity (Wildman–Crippen MR) is 141 cm³/mol. The summed E-state index contributed by atoms with van der Waals surface area (Å²) in [4.78, 5) is 12.7. The number of halogens is 1. The Morgan fingerprint density at radius 1 is 1.13 bits per heavy atom. The Bertz CT molecular complexity index is 1450. The van der Waals surface area contributed by atoms with Crippen molar-refractivity contribution in [1.82, 2.24) is 5.32 Å². The first-order valence-electron chi connectivity index (χ1n) is 12.5. The topological polar surface area (TPSA) is 123 Å². The average molecular weight is 557 g/mol. The van der Waals surface area contributed by atoms with Crippen LogP contribution in [0.2, 0.25) is 0 Å². The van der Waals surface area contributed by atoms with Crippen LogP contribution in [0.4, 0.5) is 10.1 Å². The summed E-state index contributed by atoms with van der Waals surface area (Å²) < 4.78 is 58.8. The van der Waals surface area contributed by atoms with Gasteiger partial charge in [0.15, 0.2) is 0 Å². The van der Waals surface area contributed by atoms with E-state index >= 15 is 0 Å². The van der Waals surface area contributed by atoms with E-state index in [1.54, 1.807) is 25.3 Å². The smallest absolute Gasteiger partial charge is 0.261 e. The highest BCUT2D eigenvalue weighted by molar-refractivity contribution is 7.92. The molecule has 3 N–H and O–H groups in total. The lowest BCUT2D eigenvalue weighted by Gasteiger charge is -2.37. The van der Waals surface area contributed by atoms with Crippen molar-refractivity contribution in [2.75, 3.05) is 18.4 Å². The number of aliphatic hydroxyl groups is 1. The number of nitrogens with one attached hydrogen (secondary N) is 2. The molecule has 1 saturated heterocycles. The van der Waals surface area contributed by atoms with E-state index in [-0.39, 0.29) is 29.7 Å². The zero-order valence-corrected chi connectivity index (χ0v) is 22.0. The fourth-order valence-electron chi connectivity index (χ4n) is 5.10. The van der Waals surface area contributed by atoms with E-state index in [4.69, 9.17) is 14.2 Å². The molecule has 0 spiro atoms. The molecule has 11 heteroatoms. The number of carbonyl (C=O) groups excluding carboxylic acids is 1. The summed E-state index contributed by atoms with van der Waals surface area (Å²) in [7, 11) is -2.37. The Hall–Kier alpha value is -3.67. The monoisotopic (exact) mass is 556 g/mol. The number of hydrogen-bond acceptors (Lipinski definition) is 7. The van der Waals surface area contributed by atoms with E-state index in [2.05, 4.69) is 10.0 Å². The van der Waals surface area contributed by atoms with Crippen LogP contribution in [-0.4, -0.2) is 51.5 Å². The molecule has 3 aromatic rings. The van der Waals surface area contributed by atoms with Crippen molar-refractivity contribution in [2.24, 2.45) is 0 Å². The van der Waals surface area contributed by atoms with Gasteiger partial charge in [0.25, 0.3) is 10.0 Å². The van der Waals surface area contributed by atoms with Gasteiger partial charge in [-0.15, -0.1) is 0 Å². The van der Waals surface area contributed by atoms with Gasteiger partial charge >= 0.3 is 0 Å². The molecule has 2 aliphatic heterocycles. The van der Waals surface area contributed by atoms with Crippen LogP contribution in [0.5, 0.6) is 11.5 Å². The Morgan fingerprint density at radius 3 is 2.64 bits per heavy atom. The average Bonchev–Trinajstić information content (AvgIpc) is 3.29. The van der Waals surface area contributed by atoms with Crippen molar-refractivity contribution in [2.45, 2.75) is 48.5 Å². The highest BCUT2D eigenvalue weighted by Crippen LogP contribution is 2.47. The van der Waals surface area contributed by atoms with Gasteiger partial charge in [-0.2, -0.15) is 0 Å². The molecule has 206 valence electrons. The molecule has 5 rings (SSSR count). The largest absolute Gasteiger partial charge is 0.496 e. The number of hydrogen-bond donors (Lipinski definition) is 3. The molecule has 0 aliphatic carbocycles. The lowest BCUT2D eigenvalue weighted by atomic mass is 9.84. The number of fused-ring (bicyclic) bond motifs is 3. The summed E-state index contributed by atoms with van der Waals surface area (Å²) in [6.45, 7) is 0.00704. The van der Waals surface area contributed by atoms with Gasteiger partial charge in [-0.05, 0) is 55.0 Å². The molecule has 2 heterocycles. The molecule has 4 atom stereocenters. The molecule has 3 aromatic carbocycles. The van der Waals surface area contributed by atoms with Gasteiger partial charge in [0.1, 0.15) is 29.5 Å². The fourth-order valence-corrected chi connectivity index (χ4v) is 6.15. The molecule has 1 fully saturated rings. The third-order valence-electron chi connectivity index (χ3n) is 6.96. The second-order valence-corrected chi connectivity index (χ2v) is 11.2. The molecular formula is C28H29FN2O7S. The number of rotatable bonds is 9. The van der Waals surface area contributed by atoms with Gasteiger partial charge in [0, 0.05) is 29.3 Å². The van der Waals surface area contributed by atoms with E-state index in [9.17, 15) is 22.7 Å². The first-order valence-corrected chi connectivity index (χ1v) is 14.0. The summed E-state index contributed by atoms with van der Waals surface area (Å²) in [5.74, 6) is 0.295. The van der Waals surface area contributed by atoms with Crippen LogP contribution in [0.1, 0.15) is 29.9 Å². The maximum atomic E-state index is 13.2. The van der Waals surface area contributed by atoms with Crippen LogP contribution in [-0.2, 0) is 26.1 Å². The van der Waals surface area contributed by atoms with Crippen LogP contribution < -0.4 is 19.5 Å². The molecule has 0 saturated carbocycles. The Morgan fingerprint density at radius 2 is 1.90 bits per heavy atom. The van der Waals surface area contributed by atoms with Crippen LogP contribution >= 0.6 is 0 Å². The van der Waals surface area contributed by atoms with Crippen molar-refractivity contribution in [3.8, 4) is 11.5 Å². The van der Waals surface area contributed by atoms with Gasteiger partial charge in [0.05, 0.1) is 31.1 Å². The van der Waals surface area contributed by atoms with Crippen molar-refractivity contribution in [3.05, 3.63) is 83.7 Å². The van der Waals surface area contributed by atoms with Gasteiger partial charge in [-0.1, -0.05) is 18.2 Å². The van der Waals surface area contributed by atoms with Crippen molar-refractivity contribution in [3.63, 3.8) is 0 Å². The summed E-state index contributed by atoms with van der Waals surface area (Å²) in [6.07, 6.45) is -1.06. The molecule has 0 bridgehead atoms. The second-order valence-electron chi connectivity index (χ2n) is 9.51. The number of para-hydroxylation sites is 1. The van der Waals surface area contributed by atoms with Crippen LogP contribution in [0.25, 0.3) is 0 Å². The Kier molecular flexibility index (Phi) is 7.74. The van der Waals surface area contributed by atoms with E-state index in [0.29, 0.717) is 30.2 Å². The van der Waals surface area contributed by atoms with Crippen molar-refractivity contribution in [1.29, 1.82) is 0 Å². The van der Waals surface area contributed by atoms with Gasteiger partial charge in [-0.25, -0.2) is 12.8 Å². The third-order valence-corrected chi connectivity index (χ3v) is 8.35. The number of ether oxygens (including phenoxy) is 3. The second kappa shape index (κ2) is 11.2. The number of sulfonamides is 1. The number of aliphatic hydroxyl groups excluding tert-OH is 1. The summed E-state index contributed by atoms with van der Waals surface area (Å²) in [5, 5.41) is 12.9. The minimum atomic E-state index is -3.94. The summed E-state index contributed by atoms with van der Waals surface area (Å²) in [6, 6.07) is 16.9. The molecule has 1 amide bonds. The van der Waals surface area contributed by atoms with Crippen LogP contribution in [0.15, 0.2) is 71.6 Å². The quantitative estimate of drug-likeness (QED) is 0.370. The first-order chi connectivity index (χ1) is 18.8. The molecule has 39 heavy (non-hydrogen) atoms. The van der Waals surface area contributed by atoms with Gasteiger partial charge in [0.2, 0.25) is 5.91 Å². The van der Waals surface area contributed by atoms with E-state index in [1.165, 1.54) is 12.1 Å². The molecule has 0 unspecified atom stereocenters. The van der Waals surface area contributed by atoms with Crippen LogP contribution in [0.3, 0.4) is 0 Å². The van der Waals surface area contributed by atoms with Crippen molar-refractivity contribution >= 4 is 21.6 Å². The Balaban J connectivity index is 1.28. The van der Waals surface area contributed by atoms with Crippen LogP contribution in [0, 0.1) is 5.82 Å². The summed E-state index contributed by atoms with van der Waals surface area (Å²) >= 11 is 0. The van der Waals surface area contributed by atoms with E-state index in [0.717, 1.165) is 23.3 Å². The van der Waals surface area contributed by atoms with E-state index < -0.39 is 34.2 Å². The lowest BCUT2D eigenvalue weighted by Crippen LogP contribution is -2.47. The minimum Gasteiger partial charge on any atom is -0.496 e. The number of methoxy groups -OCH3 is 1.